The lowest BCUT2D eigenvalue weighted by Gasteiger charge is -2.31. The normalized spacial score (nSPS) is 19.4. The van der Waals surface area contributed by atoms with Gasteiger partial charge in [-0.1, -0.05) is 19.4 Å². The van der Waals surface area contributed by atoms with E-state index in [4.69, 9.17) is 5.26 Å². The van der Waals surface area contributed by atoms with Gasteiger partial charge >= 0.3 is 6.18 Å². The van der Waals surface area contributed by atoms with Crippen LogP contribution in [-0.2, 0) is 0 Å². The molecular weight excluding hydrogens is 239 g/mol. The molecule has 102 valence electrons. The summed E-state index contributed by atoms with van der Waals surface area (Å²) in [6.45, 7) is 4.39. The maximum atomic E-state index is 12.1. The van der Waals surface area contributed by atoms with Gasteiger partial charge in [0.1, 0.15) is 0 Å². The second-order valence-electron chi connectivity index (χ2n) is 5.83. The van der Waals surface area contributed by atoms with E-state index < -0.39 is 12.6 Å². The molecule has 4 heteroatoms. The maximum absolute atomic E-state index is 12.1. The molecule has 0 unspecified atom stereocenters. The van der Waals surface area contributed by atoms with Crippen LogP contribution in [0.5, 0.6) is 0 Å². The smallest absolute Gasteiger partial charge is 0.193 e. The molecule has 1 saturated carbocycles. The number of hydrogen-bond donors (Lipinski definition) is 0. The highest BCUT2D eigenvalue weighted by Gasteiger charge is 2.27. The zero-order valence-electron chi connectivity index (χ0n) is 11.0. The lowest BCUT2D eigenvalue weighted by molar-refractivity contribution is -0.135. The monoisotopic (exact) mass is 259 g/mol. The highest BCUT2D eigenvalue weighted by atomic mass is 19.4. The molecule has 0 radical (unpaired) electrons. The number of halogens is 3. The Morgan fingerprint density at radius 1 is 1.28 bits per heavy atom. The van der Waals surface area contributed by atoms with Crippen molar-refractivity contribution in [3.05, 3.63) is 11.1 Å². The zero-order chi connectivity index (χ0) is 13.8. The van der Waals surface area contributed by atoms with Gasteiger partial charge in [-0.15, -0.1) is 0 Å². The van der Waals surface area contributed by atoms with E-state index >= 15 is 0 Å². The molecule has 1 rings (SSSR count). The Kier molecular flexibility index (Phi) is 4.84. The van der Waals surface area contributed by atoms with Crippen molar-refractivity contribution in [2.75, 3.05) is 0 Å². The summed E-state index contributed by atoms with van der Waals surface area (Å²) in [7, 11) is 0. The van der Waals surface area contributed by atoms with Gasteiger partial charge in [0.2, 0.25) is 0 Å². The van der Waals surface area contributed by atoms with Crippen LogP contribution < -0.4 is 0 Å². The van der Waals surface area contributed by atoms with Crippen molar-refractivity contribution in [1.29, 1.82) is 5.26 Å². The summed E-state index contributed by atoms with van der Waals surface area (Å²) in [6, 6.07) is 2.10. The largest absolute Gasteiger partial charge is 0.389 e. The van der Waals surface area contributed by atoms with E-state index in [-0.39, 0.29) is 12.8 Å². The molecular formula is C14H20F3N. The summed E-state index contributed by atoms with van der Waals surface area (Å²) in [6.07, 6.45) is -0.842. The molecule has 0 amide bonds. The van der Waals surface area contributed by atoms with Gasteiger partial charge in [-0.3, -0.25) is 0 Å². The molecule has 0 saturated heterocycles. The minimum Gasteiger partial charge on any atom is -0.193 e. The van der Waals surface area contributed by atoms with Crippen molar-refractivity contribution in [1.82, 2.24) is 0 Å². The predicted octanol–water partition coefficient (Wildman–Crippen LogP) is 5.14. The second-order valence-corrected chi connectivity index (χ2v) is 5.83. The Balaban J connectivity index is 2.54. The van der Waals surface area contributed by atoms with Crippen molar-refractivity contribution in [2.45, 2.75) is 65.0 Å². The van der Waals surface area contributed by atoms with Crippen molar-refractivity contribution in [3.63, 3.8) is 0 Å². The van der Waals surface area contributed by atoms with Gasteiger partial charge in [0.05, 0.1) is 6.07 Å². The minimum absolute atomic E-state index is 0.0271. The number of hydrogen-bond acceptors (Lipinski definition) is 1. The van der Waals surface area contributed by atoms with E-state index in [2.05, 4.69) is 19.9 Å². The second kappa shape index (κ2) is 5.77. The van der Waals surface area contributed by atoms with Crippen molar-refractivity contribution in [2.24, 2.45) is 5.41 Å². The molecule has 0 N–H and O–H groups in total. The van der Waals surface area contributed by atoms with E-state index in [1.54, 1.807) is 0 Å². The molecule has 0 atom stereocenters. The fourth-order valence-corrected chi connectivity index (χ4v) is 2.31. The average Bonchev–Trinajstić information content (AvgIpc) is 2.24. The predicted molar refractivity (Wildman–Crippen MR) is 64.8 cm³/mol. The quantitative estimate of drug-likeness (QED) is 0.644. The molecule has 0 spiro atoms. The molecule has 18 heavy (non-hydrogen) atoms. The molecule has 0 heterocycles. The molecule has 1 fully saturated rings. The number of rotatable bonds is 3. The van der Waals surface area contributed by atoms with E-state index in [9.17, 15) is 13.2 Å². The third-order valence-corrected chi connectivity index (χ3v) is 3.66. The first-order valence-electron chi connectivity index (χ1n) is 6.41. The fraction of sp³-hybridized carbons (Fsp3) is 0.786. The molecule has 0 aliphatic heterocycles. The summed E-state index contributed by atoms with van der Waals surface area (Å²) in [5, 5.41) is 9.05. The third kappa shape index (κ3) is 5.12. The molecule has 0 aromatic carbocycles. The summed E-state index contributed by atoms with van der Waals surface area (Å²) >= 11 is 0. The standard InChI is InChI=1S/C14H20F3N/c1-13(2)8-5-11(6-9-13)12(10-18)4-3-7-14(15,16)17/h3-9H2,1-2H3. The van der Waals surface area contributed by atoms with Gasteiger partial charge in [0, 0.05) is 12.0 Å². The third-order valence-electron chi connectivity index (χ3n) is 3.66. The number of alkyl halides is 3. The number of allylic oxidation sites excluding steroid dienone is 2. The van der Waals surface area contributed by atoms with Gasteiger partial charge in [0.25, 0.3) is 0 Å². The molecule has 0 bridgehead atoms. The van der Waals surface area contributed by atoms with E-state index in [1.807, 2.05) is 0 Å². The van der Waals surface area contributed by atoms with Gasteiger partial charge in [-0.05, 0) is 43.9 Å². The SMILES string of the molecule is CC1(C)CCC(=C(C#N)CCCC(F)(F)F)CC1. The van der Waals surface area contributed by atoms with Crippen LogP contribution in [0.3, 0.4) is 0 Å². The number of nitriles is 1. The van der Waals surface area contributed by atoms with Crippen molar-refractivity contribution < 1.29 is 13.2 Å². The topological polar surface area (TPSA) is 23.8 Å². The summed E-state index contributed by atoms with van der Waals surface area (Å²) in [5.74, 6) is 0. The van der Waals surface area contributed by atoms with E-state index in [0.29, 0.717) is 11.0 Å². The van der Waals surface area contributed by atoms with Crippen LogP contribution in [-0.4, -0.2) is 6.18 Å². The lowest BCUT2D eigenvalue weighted by Crippen LogP contribution is -2.17. The Hall–Kier alpha value is -0.980. The van der Waals surface area contributed by atoms with Crippen LogP contribution in [0.2, 0.25) is 0 Å². The minimum atomic E-state index is -4.11. The number of nitrogens with zero attached hydrogens (tertiary/aromatic N) is 1. The molecule has 1 aliphatic rings. The summed E-state index contributed by atoms with van der Waals surface area (Å²) < 4.78 is 36.2. The highest BCUT2D eigenvalue weighted by Crippen LogP contribution is 2.39. The maximum Gasteiger partial charge on any atom is 0.389 e. The van der Waals surface area contributed by atoms with Crippen LogP contribution >= 0.6 is 0 Å². The van der Waals surface area contributed by atoms with Gasteiger partial charge in [-0.25, -0.2) is 0 Å². The first-order valence-corrected chi connectivity index (χ1v) is 6.41. The van der Waals surface area contributed by atoms with Crippen LogP contribution in [0.4, 0.5) is 13.2 Å². The molecule has 1 aliphatic carbocycles. The molecule has 1 nitrogen and oxygen atoms in total. The van der Waals surface area contributed by atoms with Crippen molar-refractivity contribution in [3.8, 4) is 6.07 Å². The van der Waals surface area contributed by atoms with Gasteiger partial charge in [-0.2, -0.15) is 18.4 Å². The van der Waals surface area contributed by atoms with Gasteiger partial charge in [0.15, 0.2) is 0 Å². The van der Waals surface area contributed by atoms with E-state index in [0.717, 1.165) is 31.3 Å². The van der Waals surface area contributed by atoms with Gasteiger partial charge < -0.3 is 0 Å². The molecule has 0 aromatic heterocycles. The highest BCUT2D eigenvalue weighted by molar-refractivity contribution is 5.29. The fourth-order valence-electron chi connectivity index (χ4n) is 2.31. The van der Waals surface area contributed by atoms with Crippen molar-refractivity contribution >= 4 is 0 Å². The molecule has 0 aromatic rings. The lowest BCUT2D eigenvalue weighted by atomic mass is 9.74. The van der Waals surface area contributed by atoms with Crippen LogP contribution in [0, 0.1) is 16.7 Å². The zero-order valence-corrected chi connectivity index (χ0v) is 11.0. The average molecular weight is 259 g/mol. The van der Waals surface area contributed by atoms with E-state index in [1.165, 1.54) is 0 Å². The van der Waals surface area contributed by atoms with Crippen LogP contribution in [0.25, 0.3) is 0 Å². The summed E-state index contributed by atoms with van der Waals surface area (Å²) in [4.78, 5) is 0. The van der Waals surface area contributed by atoms with Crippen LogP contribution in [0.1, 0.15) is 58.8 Å². The Bertz CT molecular complexity index is 346. The Morgan fingerprint density at radius 3 is 2.28 bits per heavy atom. The Labute approximate surface area is 107 Å². The van der Waals surface area contributed by atoms with Crippen LogP contribution in [0.15, 0.2) is 11.1 Å². The summed E-state index contributed by atoms with van der Waals surface area (Å²) in [5.41, 5.74) is 1.98. The first kappa shape index (κ1) is 15.1. The first-order chi connectivity index (χ1) is 8.23. The Morgan fingerprint density at radius 2 is 1.83 bits per heavy atom.